The lowest BCUT2D eigenvalue weighted by Gasteiger charge is -2.21. The summed E-state index contributed by atoms with van der Waals surface area (Å²) in [6.07, 6.45) is 5.93. The molecule has 1 saturated heterocycles. The number of oxazole rings is 1. The minimum atomic E-state index is -0.287. The van der Waals surface area contributed by atoms with Crippen molar-refractivity contribution in [3.8, 4) is 0 Å². The van der Waals surface area contributed by atoms with Gasteiger partial charge in [-0.05, 0) is 43.6 Å². The minimum absolute atomic E-state index is 0.181. The van der Waals surface area contributed by atoms with Crippen molar-refractivity contribution < 1.29 is 13.9 Å². The van der Waals surface area contributed by atoms with Gasteiger partial charge in [-0.2, -0.15) is 0 Å². The highest BCUT2D eigenvalue weighted by molar-refractivity contribution is 7.15. The van der Waals surface area contributed by atoms with Crippen LogP contribution in [0.5, 0.6) is 0 Å². The van der Waals surface area contributed by atoms with Gasteiger partial charge in [-0.1, -0.05) is 30.3 Å². The Morgan fingerprint density at radius 3 is 2.93 bits per heavy atom. The van der Waals surface area contributed by atoms with E-state index < -0.39 is 0 Å². The van der Waals surface area contributed by atoms with Crippen LogP contribution in [-0.4, -0.2) is 22.5 Å². The average molecular weight is 395 g/mol. The lowest BCUT2D eigenvalue weighted by atomic mass is 9.85. The first kappa shape index (κ1) is 17.6. The van der Waals surface area contributed by atoms with Gasteiger partial charge >= 0.3 is 0 Å². The van der Waals surface area contributed by atoms with Crippen LogP contribution in [0.3, 0.4) is 0 Å². The number of thiazole rings is 1. The van der Waals surface area contributed by atoms with Crippen molar-refractivity contribution in [3.63, 3.8) is 0 Å². The smallest absolute Gasteiger partial charge is 0.279 e. The number of aromatic nitrogens is 2. The maximum atomic E-state index is 12.7. The highest BCUT2D eigenvalue weighted by Crippen LogP contribution is 2.37. The fraction of sp³-hybridized carbons (Fsp3) is 0.381. The zero-order valence-corrected chi connectivity index (χ0v) is 16.2. The van der Waals surface area contributed by atoms with Crippen LogP contribution in [0.1, 0.15) is 63.7 Å². The third-order valence-corrected chi connectivity index (χ3v) is 6.50. The molecule has 5 rings (SSSR count). The Morgan fingerprint density at radius 2 is 2.11 bits per heavy atom. The molecule has 2 atom stereocenters. The summed E-state index contributed by atoms with van der Waals surface area (Å²) in [4.78, 5) is 22.7. The molecule has 0 radical (unpaired) electrons. The maximum absolute atomic E-state index is 12.7. The second kappa shape index (κ2) is 7.48. The van der Waals surface area contributed by atoms with E-state index in [9.17, 15) is 4.79 Å². The molecule has 3 heterocycles. The number of amides is 1. The molecule has 1 fully saturated rings. The standard InChI is InChI=1S/C21H21N3O3S/c25-20(18-19(27-12-22-18)16-7-4-10-26-16)24-21-23-15-9-8-14(11-17(15)28-21)13-5-2-1-3-6-13/h1-3,5-6,12,14,16H,4,7-11H2,(H,23,24,25). The number of hydrogen-bond donors (Lipinski definition) is 1. The number of nitrogens with one attached hydrogen (secondary N) is 1. The number of fused-ring (bicyclic) bond motifs is 1. The number of nitrogens with zero attached hydrogens (tertiary/aromatic N) is 2. The number of aryl methyl sites for hydroxylation is 1. The Morgan fingerprint density at radius 1 is 1.21 bits per heavy atom. The highest BCUT2D eigenvalue weighted by Gasteiger charge is 2.29. The summed E-state index contributed by atoms with van der Waals surface area (Å²) in [5, 5.41) is 3.54. The van der Waals surface area contributed by atoms with Gasteiger partial charge in [-0.3, -0.25) is 10.1 Å². The number of benzene rings is 1. The summed E-state index contributed by atoms with van der Waals surface area (Å²) in [6.45, 7) is 0.689. The number of carbonyl (C=O) groups is 1. The second-order valence-corrected chi connectivity index (χ2v) is 8.34. The number of rotatable bonds is 4. The van der Waals surface area contributed by atoms with E-state index in [1.54, 1.807) is 11.3 Å². The molecule has 0 bridgehead atoms. The monoisotopic (exact) mass is 395 g/mol. The maximum Gasteiger partial charge on any atom is 0.279 e. The first-order chi connectivity index (χ1) is 13.8. The molecule has 144 valence electrons. The quantitative estimate of drug-likeness (QED) is 0.703. The van der Waals surface area contributed by atoms with Crippen LogP contribution in [0, 0.1) is 0 Å². The van der Waals surface area contributed by atoms with E-state index in [0.29, 0.717) is 29.1 Å². The molecule has 2 aliphatic rings. The van der Waals surface area contributed by atoms with Crippen molar-refractivity contribution in [2.24, 2.45) is 0 Å². The number of ether oxygens (including phenoxy) is 1. The topological polar surface area (TPSA) is 77.3 Å². The molecule has 0 saturated carbocycles. The molecule has 1 aliphatic heterocycles. The molecule has 1 aromatic carbocycles. The molecular formula is C21H21N3O3S. The van der Waals surface area contributed by atoms with Crippen molar-refractivity contribution in [2.45, 2.75) is 44.1 Å². The Kier molecular flexibility index (Phi) is 4.70. The van der Waals surface area contributed by atoms with Crippen LogP contribution in [0.2, 0.25) is 0 Å². The summed E-state index contributed by atoms with van der Waals surface area (Å²) >= 11 is 1.56. The zero-order valence-electron chi connectivity index (χ0n) is 15.4. The van der Waals surface area contributed by atoms with E-state index >= 15 is 0 Å². The molecule has 3 aromatic rings. The summed E-state index contributed by atoms with van der Waals surface area (Å²) in [5.74, 6) is 0.741. The van der Waals surface area contributed by atoms with Crippen LogP contribution >= 0.6 is 11.3 Å². The van der Waals surface area contributed by atoms with Crippen LogP contribution in [0.25, 0.3) is 0 Å². The van der Waals surface area contributed by atoms with Gasteiger partial charge in [-0.25, -0.2) is 9.97 Å². The molecule has 1 N–H and O–H groups in total. The highest BCUT2D eigenvalue weighted by atomic mass is 32.1. The van der Waals surface area contributed by atoms with Gasteiger partial charge in [0.1, 0.15) is 6.10 Å². The van der Waals surface area contributed by atoms with Gasteiger partial charge in [0.2, 0.25) is 0 Å². The van der Waals surface area contributed by atoms with E-state index in [0.717, 1.165) is 37.8 Å². The third kappa shape index (κ3) is 3.36. The zero-order chi connectivity index (χ0) is 18.9. The molecule has 28 heavy (non-hydrogen) atoms. The fourth-order valence-corrected chi connectivity index (χ4v) is 5.12. The van der Waals surface area contributed by atoms with Crippen LogP contribution < -0.4 is 5.32 Å². The van der Waals surface area contributed by atoms with E-state index in [1.165, 1.54) is 16.8 Å². The molecular weight excluding hydrogens is 374 g/mol. The average Bonchev–Trinajstić information content (AvgIpc) is 3.47. The van der Waals surface area contributed by atoms with Gasteiger partial charge in [0.05, 0.1) is 5.69 Å². The van der Waals surface area contributed by atoms with E-state index in [-0.39, 0.29) is 12.0 Å². The summed E-state index contributed by atoms with van der Waals surface area (Å²) in [7, 11) is 0. The molecule has 2 unspecified atom stereocenters. The first-order valence-corrected chi connectivity index (χ1v) is 10.5. The SMILES string of the molecule is O=C(Nc1nc2c(s1)CC(c1ccccc1)CC2)c1ncoc1C1CCCO1. The minimum Gasteiger partial charge on any atom is -0.445 e. The van der Waals surface area contributed by atoms with Crippen molar-refractivity contribution in [1.29, 1.82) is 0 Å². The fourth-order valence-electron chi connectivity index (χ4n) is 4.03. The lowest BCUT2D eigenvalue weighted by molar-refractivity contribution is 0.0889. The van der Waals surface area contributed by atoms with Crippen molar-refractivity contribution in [3.05, 3.63) is 64.3 Å². The van der Waals surface area contributed by atoms with Crippen LogP contribution in [-0.2, 0) is 17.6 Å². The molecule has 0 spiro atoms. The molecule has 1 amide bonds. The van der Waals surface area contributed by atoms with Crippen molar-refractivity contribution >= 4 is 22.4 Å². The Hall–Kier alpha value is -2.51. The second-order valence-electron chi connectivity index (χ2n) is 7.26. The van der Waals surface area contributed by atoms with Crippen LogP contribution in [0.4, 0.5) is 5.13 Å². The normalized spacial score (nSPS) is 21.4. The Balaban J connectivity index is 1.31. The largest absolute Gasteiger partial charge is 0.445 e. The van der Waals surface area contributed by atoms with Gasteiger partial charge < -0.3 is 9.15 Å². The predicted octanol–water partition coefficient (Wildman–Crippen LogP) is 4.51. The van der Waals surface area contributed by atoms with Crippen LogP contribution in [0.15, 0.2) is 41.1 Å². The van der Waals surface area contributed by atoms with Gasteiger partial charge in [-0.15, -0.1) is 11.3 Å². The number of anilines is 1. The van der Waals surface area contributed by atoms with Gasteiger partial charge in [0.25, 0.3) is 5.91 Å². The third-order valence-electron chi connectivity index (χ3n) is 5.46. The molecule has 2 aromatic heterocycles. The molecule has 6 nitrogen and oxygen atoms in total. The first-order valence-electron chi connectivity index (χ1n) is 9.68. The molecule has 1 aliphatic carbocycles. The summed E-state index contributed by atoms with van der Waals surface area (Å²) < 4.78 is 11.1. The predicted molar refractivity (Wildman–Crippen MR) is 106 cm³/mol. The van der Waals surface area contributed by atoms with Crippen molar-refractivity contribution in [2.75, 3.05) is 11.9 Å². The van der Waals surface area contributed by atoms with E-state index in [1.807, 2.05) is 6.07 Å². The summed E-state index contributed by atoms with van der Waals surface area (Å²) in [5.41, 5.74) is 2.77. The van der Waals surface area contributed by atoms with Gasteiger partial charge in [0.15, 0.2) is 23.0 Å². The molecule has 7 heteroatoms. The Labute approximate surface area is 167 Å². The number of hydrogen-bond acceptors (Lipinski definition) is 6. The lowest BCUT2D eigenvalue weighted by Crippen LogP contribution is -2.15. The van der Waals surface area contributed by atoms with Gasteiger partial charge in [0, 0.05) is 11.5 Å². The van der Waals surface area contributed by atoms with E-state index in [2.05, 4.69) is 39.6 Å². The summed E-state index contributed by atoms with van der Waals surface area (Å²) in [6, 6.07) is 10.6. The van der Waals surface area contributed by atoms with E-state index in [4.69, 9.17) is 9.15 Å². The van der Waals surface area contributed by atoms with Crippen molar-refractivity contribution in [1.82, 2.24) is 9.97 Å². The Bertz CT molecular complexity index is 976. The number of carbonyl (C=O) groups excluding carboxylic acids is 1.